The van der Waals surface area contributed by atoms with E-state index in [9.17, 15) is 9.18 Å². The van der Waals surface area contributed by atoms with E-state index in [1.54, 1.807) is 0 Å². The van der Waals surface area contributed by atoms with E-state index in [2.05, 4.69) is 16.1 Å². The lowest BCUT2D eigenvalue weighted by atomic mass is 10.0. The van der Waals surface area contributed by atoms with Crippen molar-refractivity contribution in [1.82, 2.24) is 4.90 Å². The van der Waals surface area contributed by atoms with Gasteiger partial charge in [-0.15, -0.1) is 6.42 Å². The smallest absolute Gasteiger partial charge is 0.229 e. The topological polar surface area (TPSA) is 41.6 Å². The number of carbonyl (C=O) groups excluding carboxylic acids is 1. The first-order valence-corrected chi connectivity index (χ1v) is 6.90. The van der Waals surface area contributed by atoms with Crippen LogP contribution in [0.1, 0.15) is 13.3 Å². The van der Waals surface area contributed by atoms with Gasteiger partial charge < -0.3 is 15.0 Å². The third-order valence-corrected chi connectivity index (χ3v) is 3.92. The molecule has 112 valence electrons. The van der Waals surface area contributed by atoms with Gasteiger partial charge in [-0.1, -0.05) is 5.92 Å². The van der Waals surface area contributed by atoms with Crippen LogP contribution in [-0.4, -0.2) is 37.0 Å². The van der Waals surface area contributed by atoms with Crippen LogP contribution in [0.25, 0.3) is 0 Å². The van der Waals surface area contributed by atoms with E-state index in [1.165, 1.54) is 18.2 Å². The average molecular weight is 290 g/mol. The summed E-state index contributed by atoms with van der Waals surface area (Å²) in [6.45, 7) is 2.94. The first kappa shape index (κ1) is 15.3. The van der Waals surface area contributed by atoms with Gasteiger partial charge in [0.1, 0.15) is 18.2 Å². The molecule has 1 aromatic rings. The molecule has 0 aliphatic carbocycles. The van der Waals surface area contributed by atoms with Crippen LogP contribution in [0.15, 0.2) is 18.2 Å². The first-order chi connectivity index (χ1) is 10.0. The minimum atomic E-state index is -0.436. The third-order valence-electron chi connectivity index (χ3n) is 3.92. The predicted octanol–water partition coefficient (Wildman–Crippen LogP) is 2.12. The summed E-state index contributed by atoms with van der Waals surface area (Å²) in [5, 5.41) is 2.81. The van der Waals surface area contributed by atoms with Crippen molar-refractivity contribution in [3.05, 3.63) is 24.0 Å². The van der Waals surface area contributed by atoms with E-state index in [1.807, 2.05) is 14.0 Å². The van der Waals surface area contributed by atoms with Crippen molar-refractivity contribution in [2.75, 3.05) is 25.5 Å². The molecule has 1 aliphatic heterocycles. The van der Waals surface area contributed by atoms with Crippen molar-refractivity contribution in [2.24, 2.45) is 5.92 Å². The normalized spacial score (nSPS) is 21.8. The van der Waals surface area contributed by atoms with Crippen LogP contribution in [0.5, 0.6) is 5.75 Å². The Hall–Kier alpha value is -2.06. The number of carbonyl (C=O) groups is 1. The van der Waals surface area contributed by atoms with Crippen LogP contribution >= 0.6 is 0 Å². The fraction of sp³-hybridized carbons (Fsp3) is 0.438. The maximum Gasteiger partial charge on any atom is 0.229 e. The van der Waals surface area contributed by atoms with Gasteiger partial charge in [-0.25, -0.2) is 4.39 Å². The Bertz CT molecular complexity index is 568. The first-order valence-electron chi connectivity index (χ1n) is 6.90. The summed E-state index contributed by atoms with van der Waals surface area (Å²) in [5.74, 6) is 1.97. The molecule has 2 rings (SSSR count). The van der Waals surface area contributed by atoms with Gasteiger partial charge in [0.15, 0.2) is 0 Å². The molecule has 1 fully saturated rings. The van der Waals surface area contributed by atoms with E-state index < -0.39 is 5.82 Å². The highest BCUT2D eigenvalue weighted by Gasteiger charge is 2.33. The Labute approximate surface area is 124 Å². The molecule has 0 spiro atoms. The SMILES string of the molecule is C#CCOc1cc(F)ccc1NC(=O)C1CCN(C)C1C. The Kier molecular flexibility index (Phi) is 4.81. The lowest BCUT2D eigenvalue weighted by molar-refractivity contribution is -0.120. The summed E-state index contributed by atoms with van der Waals surface area (Å²) in [7, 11) is 2.00. The number of halogens is 1. The Morgan fingerprint density at radius 1 is 1.62 bits per heavy atom. The van der Waals surface area contributed by atoms with Crippen molar-refractivity contribution < 1.29 is 13.9 Å². The fourth-order valence-electron chi connectivity index (χ4n) is 2.51. The number of rotatable bonds is 4. The standard InChI is InChI=1S/C16H19FN2O2/c1-4-9-21-15-10-12(17)5-6-14(15)18-16(20)13-7-8-19(3)11(13)2/h1,5-6,10-11,13H,7-9H2,2-3H3,(H,18,20). The number of benzene rings is 1. The fourth-order valence-corrected chi connectivity index (χ4v) is 2.51. The van der Waals surface area contributed by atoms with E-state index in [4.69, 9.17) is 11.2 Å². The van der Waals surface area contributed by atoms with Gasteiger partial charge in [0.25, 0.3) is 0 Å². The molecular formula is C16H19FN2O2. The lowest BCUT2D eigenvalue weighted by Gasteiger charge is -2.20. The Balaban J connectivity index is 2.12. The molecule has 21 heavy (non-hydrogen) atoms. The zero-order chi connectivity index (χ0) is 15.4. The molecule has 0 radical (unpaired) electrons. The van der Waals surface area contributed by atoms with Gasteiger partial charge in [0.2, 0.25) is 5.91 Å². The maximum absolute atomic E-state index is 13.3. The monoisotopic (exact) mass is 290 g/mol. The zero-order valence-corrected chi connectivity index (χ0v) is 12.2. The van der Waals surface area contributed by atoms with Crippen molar-refractivity contribution in [2.45, 2.75) is 19.4 Å². The van der Waals surface area contributed by atoms with Gasteiger partial charge in [-0.2, -0.15) is 0 Å². The van der Waals surface area contributed by atoms with E-state index in [0.717, 1.165) is 13.0 Å². The van der Waals surface area contributed by atoms with Crippen LogP contribution in [-0.2, 0) is 4.79 Å². The molecule has 1 amide bonds. The maximum atomic E-state index is 13.3. The van der Waals surface area contributed by atoms with E-state index >= 15 is 0 Å². The van der Waals surface area contributed by atoms with E-state index in [0.29, 0.717) is 5.69 Å². The quantitative estimate of drug-likeness (QED) is 0.864. The van der Waals surface area contributed by atoms with Gasteiger partial charge in [-0.3, -0.25) is 4.79 Å². The van der Waals surface area contributed by atoms with Gasteiger partial charge in [0.05, 0.1) is 11.6 Å². The molecule has 1 aromatic carbocycles. The van der Waals surface area contributed by atoms with Crippen LogP contribution < -0.4 is 10.1 Å². The molecule has 0 aromatic heterocycles. The molecule has 1 aliphatic rings. The largest absolute Gasteiger partial charge is 0.479 e. The highest BCUT2D eigenvalue weighted by molar-refractivity contribution is 5.94. The summed E-state index contributed by atoms with van der Waals surface area (Å²) in [4.78, 5) is 14.5. The number of likely N-dealkylation sites (tertiary alicyclic amines) is 1. The van der Waals surface area contributed by atoms with Gasteiger partial charge in [-0.05, 0) is 39.1 Å². The number of nitrogens with zero attached hydrogens (tertiary/aromatic N) is 1. The second kappa shape index (κ2) is 6.59. The van der Waals surface area contributed by atoms with E-state index in [-0.39, 0.29) is 30.2 Å². The molecule has 0 saturated carbocycles. The van der Waals surface area contributed by atoms with Crippen molar-refractivity contribution in [3.8, 4) is 18.1 Å². The number of anilines is 1. The highest BCUT2D eigenvalue weighted by atomic mass is 19.1. The summed E-state index contributed by atoms with van der Waals surface area (Å²) >= 11 is 0. The molecule has 1 N–H and O–H groups in total. The third kappa shape index (κ3) is 3.53. The highest BCUT2D eigenvalue weighted by Crippen LogP contribution is 2.28. The number of hydrogen-bond acceptors (Lipinski definition) is 3. The van der Waals surface area contributed by atoms with Crippen molar-refractivity contribution in [3.63, 3.8) is 0 Å². The molecule has 2 unspecified atom stereocenters. The van der Waals surface area contributed by atoms with Crippen LogP contribution in [0.3, 0.4) is 0 Å². The van der Waals surface area contributed by atoms with Crippen LogP contribution in [0.2, 0.25) is 0 Å². The number of terminal acetylenes is 1. The number of nitrogens with one attached hydrogen (secondary N) is 1. The molecular weight excluding hydrogens is 271 g/mol. The summed E-state index contributed by atoms with van der Waals surface area (Å²) in [5.41, 5.74) is 0.443. The summed E-state index contributed by atoms with van der Waals surface area (Å²) < 4.78 is 18.6. The minimum absolute atomic E-state index is 0.0227. The second-order valence-electron chi connectivity index (χ2n) is 5.24. The minimum Gasteiger partial charge on any atom is -0.479 e. The molecule has 0 bridgehead atoms. The Morgan fingerprint density at radius 2 is 2.38 bits per heavy atom. The van der Waals surface area contributed by atoms with Gasteiger partial charge >= 0.3 is 0 Å². The van der Waals surface area contributed by atoms with Crippen molar-refractivity contribution in [1.29, 1.82) is 0 Å². The molecule has 2 atom stereocenters. The second-order valence-corrected chi connectivity index (χ2v) is 5.24. The predicted molar refractivity (Wildman–Crippen MR) is 79.6 cm³/mol. The summed E-state index contributed by atoms with van der Waals surface area (Å²) in [6.07, 6.45) is 5.95. The number of hydrogen-bond donors (Lipinski definition) is 1. The molecule has 4 nitrogen and oxygen atoms in total. The number of ether oxygens (including phenoxy) is 1. The lowest BCUT2D eigenvalue weighted by Crippen LogP contribution is -2.33. The summed E-state index contributed by atoms with van der Waals surface area (Å²) in [6, 6.07) is 4.17. The Morgan fingerprint density at radius 3 is 3.00 bits per heavy atom. The van der Waals surface area contributed by atoms with Crippen molar-refractivity contribution >= 4 is 11.6 Å². The molecule has 1 saturated heterocycles. The zero-order valence-electron chi connectivity index (χ0n) is 12.2. The molecule has 1 heterocycles. The van der Waals surface area contributed by atoms with Crippen LogP contribution in [0, 0.1) is 24.1 Å². The van der Waals surface area contributed by atoms with Gasteiger partial charge in [0, 0.05) is 12.1 Å². The number of amides is 1. The molecule has 5 heteroatoms. The van der Waals surface area contributed by atoms with Crippen LogP contribution in [0.4, 0.5) is 10.1 Å². The average Bonchev–Trinajstić information content (AvgIpc) is 2.79.